The number of nitrogens with zero attached hydrogens (tertiary/aromatic N) is 4. The standard InChI is InChI=1S/C14H20N6OS/c1-2-4-11-18-19-13(22-11)17-12(21)14(5-8-15-9-6-14)20-10-3-7-16-20/h3,7,10,15H,2,4-6,8-9H2,1H3,(H,17,19,21). The molecule has 0 saturated carbocycles. The molecule has 1 amide bonds. The van der Waals surface area contributed by atoms with E-state index in [0.29, 0.717) is 18.0 Å². The van der Waals surface area contributed by atoms with Gasteiger partial charge in [0.1, 0.15) is 10.5 Å². The number of nitrogens with one attached hydrogen (secondary N) is 2. The monoisotopic (exact) mass is 320 g/mol. The van der Waals surface area contributed by atoms with Crippen molar-refractivity contribution in [2.75, 3.05) is 18.4 Å². The SMILES string of the molecule is CCCc1nnc(NC(=O)C2(n3cccn3)CCNCC2)s1. The van der Waals surface area contributed by atoms with Gasteiger partial charge >= 0.3 is 0 Å². The molecule has 0 unspecified atom stereocenters. The maximum atomic E-state index is 12.9. The minimum Gasteiger partial charge on any atom is -0.317 e. The van der Waals surface area contributed by atoms with Crippen LogP contribution in [0, 0.1) is 0 Å². The molecule has 0 atom stereocenters. The lowest BCUT2D eigenvalue weighted by Gasteiger charge is -2.36. The maximum Gasteiger partial charge on any atom is 0.254 e. The summed E-state index contributed by atoms with van der Waals surface area (Å²) in [6.07, 6.45) is 6.89. The largest absolute Gasteiger partial charge is 0.317 e. The summed E-state index contributed by atoms with van der Waals surface area (Å²) in [6.45, 7) is 3.69. The van der Waals surface area contributed by atoms with Crippen LogP contribution in [0.2, 0.25) is 0 Å². The summed E-state index contributed by atoms with van der Waals surface area (Å²) < 4.78 is 1.77. The number of piperidine rings is 1. The molecule has 7 nitrogen and oxygen atoms in total. The molecule has 8 heteroatoms. The van der Waals surface area contributed by atoms with Gasteiger partial charge in [0.2, 0.25) is 5.13 Å². The molecule has 0 aliphatic carbocycles. The van der Waals surface area contributed by atoms with Gasteiger partial charge in [0, 0.05) is 18.8 Å². The summed E-state index contributed by atoms with van der Waals surface area (Å²) in [6, 6.07) is 1.85. The Hall–Kier alpha value is -1.80. The second-order valence-electron chi connectivity index (χ2n) is 5.44. The Bertz CT molecular complexity index is 617. The van der Waals surface area contributed by atoms with Crippen LogP contribution >= 0.6 is 11.3 Å². The summed E-state index contributed by atoms with van der Waals surface area (Å²) in [5.74, 6) is -0.0584. The van der Waals surface area contributed by atoms with Gasteiger partial charge in [-0.1, -0.05) is 18.3 Å². The molecule has 1 aliphatic rings. The Labute approximate surface area is 133 Å². The maximum absolute atomic E-state index is 12.9. The van der Waals surface area contributed by atoms with Crippen LogP contribution in [0.5, 0.6) is 0 Å². The van der Waals surface area contributed by atoms with E-state index in [1.54, 1.807) is 10.9 Å². The van der Waals surface area contributed by atoms with Crippen molar-refractivity contribution < 1.29 is 4.79 Å². The number of aromatic nitrogens is 4. The van der Waals surface area contributed by atoms with Gasteiger partial charge in [-0.2, -0.15) is 5.10 Å². The Morgan fingerprint density at radius 1 is 1.45 bits per heavy atom. The van der Waals surface area contributed by atoms with E-state index in [0.717, 1.165) is 30.9 Å². The van der Waals surface area contributed by atoms with E-state index in [1.807, 2.05) is 12.3 Å². The quantitative estimate of drug-likeness (QED) is 0.870. The molecule has 0 spiro atoms. The molecule has 0 radical (unpaired) electrons. The number of rotatable bonds is 5. The minimum atomic E-state index is -0.647. The minimum absolute atomic E-state index is 0.0584. The highest BCUT2D eigenvalue weighted by atomic mass is 32.1. The van der Waals surface area contributed by atoms with E-state index >= 15 is 0 Å². The van der Waals surface area contributed by atoms with Crippen molar-refractivity contribution in [2.24, 2.45) is 0 Å². The molecule has 22 heavy (non-hydrogen) atoms. The molecule has 118 valence electrons. The van der Waals surface area contributed by atoms with Crippen LogP contribution in [-0.4, -0.2) is 39.0 Å². The summed E-state index contributed by atoms with van der Waals surface area (Å²) in [5, 5.41) is 20.2. The lowest BCUT2D eigenvalue weighted by atomic mass is 9.87. The zero-order valence-corrected chi connectivity index (χ0v) is 13.4. The van der Waals surface area contributed by atoms with E-state index in [9.17, 15) is 4.79 Å². The van der Waals surface area contributed by atoms with E-state index in [4.69, 9.17) is 0 Å². The molecule has 2 N–H and O–H groups in total. The average molecular weight is 320 g/mol. The van der Waals surface area contributed by atoms with Gasteiger partial charge in [0.05, 0.1) is 0 Å². The number of aryl methyl sites for hydroxylation is 1. The van der Waals surface area contributed by atoms with E-state index < -0.39 is 5.54 Å². The third-order valence-corrected chi connectivity index (χ3v) is 4.85. The fourth-order valence-corrected chi connectivity index (χ4v) is 3.59. The Morgan fingerprint density at radius 2 is 2.27 bits per heavy atom. The third-order valence-electron chi connectivity index (χ3n) is 3.95. The van der Waals surface area contributed by atoms with E-state index in [2.05, 4.69) is 32.9 Å². The first kappa shape index (κ1) is 15.1. The lowest BCUT2D eigenvalue weighted by Crippen LogP contribution is -2.52. The van der Waals surface area contributed by atoms with E-state index in [-0.39, 0.29) is 5.91 Å². The fraction of sp³-hybridized carbons (Fsp3) is 0.571. The topological polar surface area (TPSA) is 84.7 Å². The summed E-state index contributed by atoms with van der Waals surface area (Å²) in [4.78, 5) is 12.9. The van der Waals surface area contributed by atoms with Crippen LogP contribution in [0.25, 0.3) is 0 Å². The number of amides is 1. The molecule has 1 saturated heterocycles. The van der Waals surface area contributed by atoms with Crippen LogP contribution in [0.15, 0.2) is 18.5 Å². The molecule has 2 aromatic heterocycles. The van der Waals surface area contributed by atoms with Crippen molar-refractivity contribution in [2.45, 2.75) is 38.1 Å². The van der Waals surface area contributed by atoms with Crippen molar-refractivity contribution in [1.29, 1.82) is 0 Å². The first-order chi connectivity index (χ1) is 10.7. The highest BCUT2D eigenvalue weighted by molar-refractivity contribution is 7.15. The number of anilines is 1. The summed E-state index contributed by atoms with van der Waals surface area (Å²) >= 11 is 1.45. The van der Waals surface area contributed by atoms with Crippen molar-refractivity contribution in [3.63, 3.8) is 0 Å². The third kappa shape index (κ3) is 2.89. The second-order valence-corrected chi connectivity index (χ2v) is 6.50. The van der Waals surface area contributed by atoms with Gasteiger partial charge in [-0.25, -0.2) is 0 Å². The molecule has 3 rings (SSSR count). The second kappa shape index (κ2) is 6.53. The Balaban J connectivity index is 1.80. The van der Waals surface area contributed by atoms with E-state index in [1.165, 1.54) is 11.3 Å². The Morgan fingerprint density at radius 3 is 2.95 bits per heavy atom. The zero-order chi connectivity index (χ0) is 15.4. The number of hydrogen-bond acceptors (Lipinski definition) is 6. The first-order valence-electron chi connectivity index (χ1n) is 7.59. The summed E-state index contributed by atoms with van der Waals surface area (Å²) in [7, 11) is 0. The normalized spacial score (nSPS) is 17.3. The molecular weight excluding hydrogens is 300 g/mol. The number of hydrogen-bond donors (Lipinski definition) is 2. The average Bonchev–Trinajstić information content (AvgIpc) is 3.20. The molecule has 0 bridgehead atoms. The molecular formula is C14H20N6OS. The van der Waals surface area contributed by atoms with Crippen LogP contribution < -0.4 is 10.6 Å². The lowest BCUT2D eigenvalue weighted by molar-refractivity contribution is -0.126. The summed E-state index contributed by atoms with van der Waals surface area (Å²) in [5.41, 5.74) is -0.647. The van der Waals surface area contributed by atoms with Crippen molar-refractivity contribution in [3.8, 4) is 0 Å². The highest BCUT2D eigenvalue weighted by Crippen LogP contribution is 2.29. The fourth-order valence-electron chi connectivity index (χ4n) is 2.76. The number of carbonyl (C=O) groups is 1. The molecule has 2 aromatic rings. The predicted molar refractivity (Wildman–Crippen MR) is 84.8 cm³/mol. The van der Waals surface area contributed by atoms with Gasteiger partial charge < -0.3 is 5.32 Å². The van der Waals surface area contributed by atoms with Crippen LogP contribution in [0.1, 0.15) is 31.2 Å². The predicted octanol–water partition coefficient (Wildman–Crippen LogP) is 1.40. The van der Waals surface area contributed by atoms with Gasteiger partial charge in [-0.05, 0) is 38.4 Å². The molecule has 3 heterocycles. The van der Waals surface area contributed by atoms with Gasteiger partial charge in [0.25, 0.3) is 5.91 Å². The smallest absolute Gasteiger partial charge is 0.254 e. The molecule has 1 aliphatic heterocycles. The number of carbonyl (C=O) groups excluding carboxylic acids is 1. The van der Waals surface area contributed by atoms with Crippen molar-refractivity contribution in [3.05, 3.63) is 23.5 Å². The van der Waals surface area contributed by atoms with Crippen LogP contribution in [-0.2, 0) is 16.8 Å². The van der Waals surface area contributed by atoms with Gasteiger partial charge in [0.15, 0.2) is 0 Å². The Kier molecular flexibility index (Phi) is 4.49. The first-order valence-corrected chi connectivity index (χ1v) is 8.41. The zero-order valence-electron chi connectivity index (χ0n) is 12.6. The van der Waals surface area contributed by atoms with Crippen molar-refractivity contribution >= 4 is 22.4 Å². The van der Waals surface area contributed by atoms with Crippen LogP contribution in [0.4, 0.5) is 5.13 Å². The molecule has 0 aromatic carbocycles. The highest BCUT2D eigenvalue weighted by Gasteiger charge is 2.42. The van der Waals surface area contributed by atoms with Gasteiger partial charge in [-0.15, -0.1) is 10.2 Å². The molecule has 1 fully saturated rings. The van der Waals surface area contributed by atoms with Gasteiger partial charge in [-0.3, -0.25) is 14.8 Å². The van der Waals surface area contributed by atoms with Crippen LogP contribution in [0.3, 0.4) is 0 Å². The van der Waals surface area contributed by atoms with Crippen molar-refractivity contribution in [1.82, 2.24) is 25.3 Å².